The molecule has 1 amide bonds. The highest BCUT2D eigenvalue weighted by Crippen LogP contribution is 2.32. The lowest BCUT2D eigenvalue weighted by molar-refractivity contribution is 0.0996. The number of carbonyl (C=O) groups is 1. The first-order valence-corrected chi connectivity index (χ1v) is 8.48. The van der Waals surface area contributed by atoms with E-state index in [1.54, 1.807) is 19.2 Å². The number of nitrogens with zero attached hydrogens (tertiary/aromatic N) is 2. The summed E-state index contributed by atoms with van der Waals surface area (Å²) in [4.78, 5) is 16.3. The average molecular weight is 359 g/mol. The molecule has 8 heteroatoms. The second-order valence-electron chi connectivity index (χ2n) is 5.07. The molecule has 0 fully saturated rings. The van der Waals surface area contributed by atoms with E-state index < -0.39 is 0 Å². The smallest absolute Gasteiger partial charge is 0.293 e. The number of methoxy groups -OCH3 is 1. The summed E-state index contributed by atoms with van der Waals surface area (Å²) in [5, 5.41) is 3.05. The molecule has 0 unspecified atom stereocenters. The lowest BCUT2D eigenvalue weighted by Crippen LogP contribution is -2.10. The van der Waals surface area contributed by atoms with Crippen molar-refractivity contribution in [2.45, 2.75) is 13.3 Å². The van der Waals surface area contributed by atoms with Crippen molar-refractivity contribution in [3.8, 4) is 22.9 Å². The summed E-state index contributed by atoms with van der Waals surface area (Å²) in [6, 6.07) is 8.72. The Bertz CT molecular complexity index is 845. The molecule has 25 heavy (non-hydrogen) atoms. The molecule has 7 nitrogen and oxygen atoms in total. The molecule has 0 spiro atoms. The number of furan rings is 1. The van der Waals surface area contributed by atoms with Gasteiger partial charge in [-0.3, -0.25) is 10.1 Å². The summed E-state index contributed by atoms with van der Waals surface area (Å²) in [6.07, 6.45) is 2.35. The van der Waals surface area contributed by atoms with Gasteiger partial charge in [-0.1, -0.05) is 6.92 Å². The van der Waals surface area contributed by atoms with Gasteiger partial charge in [0.25, 0.3) is 5.91 Å². The third-order valence-corrected chi connectivity index (χ3v) is 3.91. The van der Waals surface area contributed by atoms with Crippen LogP contribution in [0.1, 0.15) is 23.9 Å². The predicted molar refractivity (Wildman–Crippen MR) is 94.3 cm³/mol. The van der Waals surface area contributed by atoms with Crippen LogP contribution >= 0.6 is 11.5 Å². The number of amides is 1. The molecule has 2 heterocycles. The van der Waals surface area contributed by atoms with Gasteiger partial charge in [0.15, 0.2) is 23.1 Å². The van der Waals surface area contributed by atoms with E-state index in [4.69, 9.17) is 13.9 Å². The van der Waals surface area contributed by atoms with Crippen LogP contribution < -0.4 is 14.8 Å². The highest BCUT2D eigenvalue weighted by atomic mass is 32.1. The molecule has 0 aliphatic rings. The zero-order chi connectivity index (χ0) is 17.6. The number of rotatable bonds is 7. The topological polar surface area (TPSA) is 86.5 Å². The molecule has 0 bridgehead atoms. The van der Waals surface area contributed by atoms with Crippen LogP contribution in [-0.4, -0.2) is 29.0 Å². The van der Waals surface area contributed by atoms with E-state index >= 15 is 0 Å². The molecule has 1 aromatic carbocycles. The molecule has 130 valence electrons. The molecule has 0 saturated carbocycles. The summed E-state index contributed by atoms with van der Waals surface area (Å²) in [5.74, 6) is 1.64. The normalized spacial score (nSPS) is 10.5. The first-order chi connectivity index (χ1) is 12.2. The highest BCUT2D eigenvalue weighted by molar-refractivity contribution is 7.10. The molecule has 1 N–H and O–H groups in total. The van der Waals surface area contributed by atoms with Gasteiger partial charge in [-0.15, -0.1) is 0 Å². The number of carbonyl (C=O) groups excluding carboxylic acids is 1. The molecule has 3 aromatic rings. The zero-order valence-corrected chi connectivity index (χ0v) is 14.6. The molecule has 0 saturated heterocycles. The van der Waals surface area contributed by atoms with Crippen molar-refractivity contribution in [2.24, 2.45) is 0 Å². The minimum Gasteiger partial charge on any atom is -0.493 e. The Labute approximate surface area is 148 Å². The van der Waals surface area contributed by atoms with Crippen molar-refractivity contribution in [1.82, 2.24) is 9.36 Å². The standard InChI is InChI=1S/C17H17N3O4S/c1-3-8-23-12-7-6-11(10-14(12)22-2)15-18-17(25-20-15)19-16(21)13-5-4-9-24-13/h4-7,9-10H,3,8H2,1-2H3,(H,18,19,20,21). The Morgan fingerprint density at radius 2 is 2.20 bits per heavy atom. The third kappa shape index (κ3) is 3.97. The molecular formula is C17H17N3O4S. The van der Waals surface area contributed by atoms with E-state index in [0.29, 0.717) is 29.1 Å². The molecule has 0 aliphatic carbocycles. The fourth-order valence-electron chi connectivity index (χ4n) is 2.10. The van der Waals surface area contributed by atoms with Crippen molar-refractivity contribution < 1.29 is 18.7 Å². The van der Waals surface area contributed by atoms with Crippen molar-refractivity contribution in [3.63, 3.8) is 0 Å². The highest BCUT2D eigenvalue weighted by Gasteiger charge is 2.14. The van der Waals surface area contributed by atoms with E-state index in [-0.39, 0.29) is 11.7 Å². The molecule has 2 aromatic heterocycles. The maximum absolute atomic E-state index is 12.0. The summed E-state index contributed by atoms with van der Waals surface area (Å²) in [7, 11) is 1.58. The van der Waals surface area contributed by atoms with Gasteiger partial charge in [-0.2, -0.15) is 9.36 Å². The Kier molecular flexibility index (Phi) is 5.30. The number of ether oxygens (including phenoxy) is 2. The minimum absolute atomic E-state index is 0.218. The van der Waals surface area contributed by atoms with Crippen LogP contribution in [-0.2, 0) is 0 Å². The predicted octanol–water partition coefficient (Wildman–Crippen LogP) is 3.85. The number of benzene rings is 1. The van der Waals surface area contributed by atoms with Gasteiger partial charge < -0.3 is 13.9 Å². The van der Waals surface area contributed by atoms with Crippen molar-refractivity contribution in [1.29, 1.82) is 0 Å². The summed E-state index contributed by atoms with van der Waals surface area (Å²) >= 11 is 1.09. The molecular weight excluding hydrogens is 342 g/mol. The van der Waals surface area contributed by atoms with Gasteiger partial charge in [0.2, 0.25) is 5.13 Å². The van der Waals surface area contributed by atoms with Gasteiger partial charge >= 0.3 is 0 Å². The van der Waals surface area contributed by atoms with Crippen LogP contribution in [0.3, 0.4) is 0 Å². The van der Waals surface area contributed by atoms with Crippen LogP contribution in [0.5, 0.6) is 11.5 Å². The van der Waals surface area contributed by atoms with Crippen molar-refractivity contribution in [3.05, 3.63) is 42.4 Å². The van der Waals surface area contributed by atoms with Gasteiger partial charge in [0.05, 0.1) is 20.0 Å². The van der Waals surface area contributed by atoms with Crippen LogP contribution in [0.2, 0.25) is 0 Å². The van der Waals surface area contributed by atoms with E-state index in [9.17, 15) is 4.79 Å². The lowest BCUT2D eigenvalue weighted by atomic mass is 10.2. The first-order valence-electron chi connectivity index (χ1n) is 7.71. The van der Waals surface area contributed by atoms with Crippen molar-refractivity contribution in [2.75, 3.05) is 19.0 Å². The van der Waals surface area contributed by atoms with Gasteiger partial charge in [-0.25, -0.2) is 0 Å². The maximum atomic E-state index is 12.0. The van der Waals surface area contributed by atoms with E-state index in [0.717, 1.165) is 23.5 Å². The Morgan fingerprint density at radius 3 is 2.92 bits per heavy atom. The number of nitrogens with one attached hydrogen (secondary N) is 1. The Hall–Kier alpha value is -2.87. The Balaban J connectivity index is 1.76. The third-order valence-electron chi connectivity index (χ3n) is 3.27. The zero-order valence-electron chi connectivity index (χ0n) is 13.8. The van der Waals surface area contributed by atoms with Crippen LogP contribution in [0.4, 0.5) is 5.13 Å². The Morgan fingerprint density at radius 1 is 1.32 bits per heavy atom. The molecule has 0 atom stereocenters. The summed E-state index contributed by atoms with van der Waals surface area (Å²) in [6.45, 7) is 2.66. The lowest BCUT2D eigenvalue weighted by Gasteiger charge is -2.10. The molecule has 0 aliphatic heterocycles. The first kappa shape index (κ1) is 17.0. The maximum Gasteiger partial charge on any atom is 0.293 e. The van der Waals surface area contributed by atoms with Crippen LogP contribution in [0.15, 0.2) is 41.0 Å². The van der Waals surface area contributed by atoms with E-state index in [2.05, 4.69) is 14.7 Å². The summed E-state index contributed by atoms with van der Waals surface area (Å²) < 4.78 is 20.3. The van der Waals surface area contributed by atoms with Gasteiger partial charge in [0, 0.05) is 17.1 Å². The number of anilines is 1. The van der Waals surface area contributed by atoms with Crippen LogP contribution in [0.25, 0.3) is 11.4 Å². The van der Waals surface area contributed by atoms with Crippen molar-refractivity contribution >= 4 is 22.6 Å². The second kappa shape index (κ2) is 7.80. The SMILES string of the molecule is CCCOc1ccc(-c2nsc(NC(=O)c3ccco3)n2)cc1OC. The van der Waals surface area contributed by atoms with E-state index in [1.807, 2.05) is 25.1 Å². The second-order valence-corrected chi connectivity index (χ2v) is 5.82. The fourth-order valence-corrected chi connectivity index (χ4v) is 2.68. The molecule has 3 rings (SSSR count). The molecule has 0 radical (unpaired) electrons. The van der Waals surface area contributed by atoms with Crippen LogP contribution in [0, 0.1) is 0 Å². The number of hydrogen-bond acceptors (Lipinski definition) is 7. The van der Waals surface area contributed by atoms with Gasteiger partial charge in [0.1, 0.15) is 0 Å². The summed E-state index contributed by atoms with van der Waals surface area (Å²) in [5.41, 5.74) is 0.774. The number of aromatic nitrogens is 2. The minimum atomic E-state index is -0.367. The number of hydrogen-bond donors (Lipinski definition) is 1. The van der Waals surface area contributed by atoms with Gasteiger partial charge in [-0.05, 0) is 36.8 Å². The monoisotopic (exact) mass is 359 g/mol. The van der Waals surface area contributed by atoms with E-state index in [1.165, 1.54) is 6.26 Å². The fraction of sp³-hybridized carbons (Fsp3) is 0.235. The largest absolute Gasteiger partial charge is 0.493 e. The quantitative estimate of drug-likeness (QED) is 0.689. The average Bonchev–Trinajstić information content (AvgIpc) is 3.31.